The number of benzene rings is 1. The maximum absolute atomic E-state index is 11.8. The number of amides is 1. The van der Waals surface area contributed by atoms with Crippen LogP contribution in [0.2, 0.25) is 5.15 Å². The number of phenolic OH excluding ortho intramolecular Hbond substituents is 1. The lowest BCUT2D eigenvalue weighted by Gasteiger charge is -2.01. The second-order valence-corrected chi connectivity index (χ2v) is 4.40. The molecule has 0 aliphatic heterocycles. The summed E-state index contributed by atoms with van der Waals surface area (Å²) in [5.41, 5.74) is 2.20. The number of hydrazone groups is 1. The molecule has 0 bridgehead atoms. The Kier molecular flexibility index (Phi) is 4.64. The third kappa shape index (κ3) is 3.55. The third-order valence-electron chi connectivity index (χ3n) is 2.60. The Morgan fingerprint density at radius 1 is 1.45 bits per heavy atom. The molecule has 1 aromatic heterocycles. The number of hydrogen-bond acceptors (Lipinski definition) is 6. The zero-order valence-corrected chi connectivity index (χ0v) is 11.7. The number of hydrogen-bond donors (Lipinski definition) is 2. The molecule has 112 valence electrons. The summed E-state index contributed by atoms with van der Waals surface area (Å²) in [6.45, 7) is 0. The Labute approximate surface area is 129 Å². The van der Waals surface area contributed by atoms with Gasteiger partial charge >= 0.3 is 0 Å². The summed E-state index contributed by atoms with van der Waals surface area (Å²) in [5.74, 6) is -0.803. The molecule has 1 heterocycles. The Bertz CT molecular complexity index is 763. The predicted molar refractivity (Wildman–Crippen MR) is 79.1 cm³/mol. The van der Waals surface area contributed by atoms with Gasteiger partial charge in [0.2, 0.25) is 0 Å². The minimum atomic E-state index is -0.606. The molecule has 9 heteroatoms. The maximum Gasteiger partial charge on any atom is 0.274 e. The van der Waals surface area contributed by atoms with Crippen molar-refractivity contribution >= 4 is 29.4 Å². The van der Waals surface area contributed by atoms with Crippen LogP contribution in [0.5, 0.6) is 5.75 Å². The van der Waals surface area contributed by atoms with Crippen LogP contribution in [0.1, 0.15) is 15.9 Å². The molecule has 0 radical (unpaired) electrons. The van der Waals surface area contributed by atoms with Gasteiger partial charge in [-0.3, -0.25) is 14.9 Å². The first-order valence-electron chi connectivity index (χ1n) is 5.90. The number of halogens is 1. The van der Waals surface area contributed by atoms with Gasteiger partial charge in [-0.05, 0) is 18.2 Å². The summed E-state index contributed by atoms with van der Waals surface area (Å²) in [7, 11) is 0. The van der Waals surface area contributed by atoms with Crippen LogP contribution < -0.4 is 5.43 Å². The van der Waals surface area contributed by atoms with E-state index in [9.17, 15) is 20.0 Å². The number of rotatable bonds is 4. The molecule has 0 aliphatic rings. The van der Waals surface area contributed by atoms with Gasteiger partial charge in [0.05, 0.1) is 16.7 Å². The average molecular weight is 321 g/mol. The minimum absolute atomic E-state index is 0.0217. The van der Waals surface area contributed by atoms with Gasteiger partial charge in [-0.2, -0.15) is 5.10 Å². The highest BCUT2D eigenvalue weighted by molar-refractivity contribution is 6.32. The van der Waals surface area contributed by atoms with E-state index in [1.54, 1.807) is 0 Å². The number of nitro groups is 1. The highest BCUT2D eigenvalue weighted by atomic mass is 35.5. The molecule has 2 aromatic rings. The van der Waals surface area contributed by atoms with Crippen molar-refractivity contribution < 1.29 is 14.8 Å². The highest BCUT2D eigenvalue weighted by Gasteiger charge is 2.11. The lowest BCUT2D eigenvalue weighted by Crippen LogP contribution is -2.18. The van der Waals surface area contributed by atoms with Crippen LogP contribution in [-0.4, -0.2) is 27.1 Å². The topological polar surface area (TPSA) is 118 Å². The number of aromatic hydroxyl groups is 1. The fourth-order valence-electron chi connectivity index (χ4n) is 1.53. The van der Waals surface area contributed by atoms with Crippen LogP contribution in [0.3, 0.4) is 0 Å². The monoisotopic (exact) mass is 320 g/mol. The maximum atomic E-state index is 11.8. The first-order chi connectivity index (χ1) is 10.5. The van der Waals surface area contributed by atoms with Gasteiger partial charge in [0.25, 0.3) is 11.6 Å². The van der Waals surface area contributed by atoms with Crippen molar-refractivity contribution in [2.75, 3.05) is 0 Å². The molecule has 0 unspecified atom stereocenters. The summed E-state index contributed by atoms with van der Waals surface area (Å²) >= 11 is 5.76. The molecule has 1 aromatic carbocycles. The Hall–Kier alpha value is -3.00. The number of nitro benzene ring substituents is 1. The number of aromatic nitrogens is 1. The van der Waals surface area contributed by atoms with Crippen molar-refractivity contribution in [1.29, 1.82) is 0 Å². The molecule has 2 rings (SSSR count). The number of carbonyl (C=O) groups excluding carboxylic acids is 1. The van der Waals surface area contributed by atoms with Crippen LogP contribution in [0, 0.1) is 10.1 Å². The summed E-state index contributed by atoms with van der Waals surface area (Å²) in [6.07, 6.45) is 2.52. The van der Waals surface area contributed by atoms with Crippen molar-refractivity contribution in [3.63, 3.8) is 0 Å². The van der Waals surface area contributed by atoms with Crippen molar-refractivity contribution in [2.45, 2.75) is 0 Å². The molecular formula is C13H9ClN4O4. The lowest BCUT2D eigenvalue weighted by atomic mass is 10.2. The SMILES string of the molecule is O=C(N/N=C/c1cc([N+](=O)[O-])ccc1O)c1cccnc1Cl. The standard InChI is InChI=1S/C13H9ClN4O4/c14-12-10(2-1-5-15-12)13(20)17-16-7-8-6-9(18(21)22)3-4-11(8)19/h1-7,19H,(H,17,20)/b16-7+. The second kappa shape index (κ2) is 6.64. The molecule has 2 N–H and O–H groups in total. The zero-order chi connectivity index (χ0) is 16.1. The molecule has 0 saturated carbocycles. The number of nitrogens with one attached hydrogen (secondary N) is 1. The van der Waals surface area contributed by atoms with Crippen LogP contribution in [0.15, 0.2) is 41.6 Å². The highest BCUT2D eigenvalue weighted by Crippen LogP contribution is 2.21. The molecule has 0 saturated heterocycles. The van der Waals surface area contributed by atoms with Crippen molar-refractivity contribution in [3.05, 3.63) is 62.9 Å². The molecule has 0 atom stereocenters. The van der Waals surface area contributed by atoms with E-state index in [1.807, 2.05) is 0 Å². The van der Waals surface area contributed by atoms with Gasteiger partial charge in [0.15, 0.2) is 0 Å². The van der Waals surface area contributed by atoms with Crippen LogP contribution in [-0.2, 0) is 0 Å². The number of phenols is 1. The number of carbonyl (C=O) groups is 1. The van der Waals surface area contributed by atoms with E-state index in [-0.39, 0.29) is 27.7 Å². The van der Waals surface area contributed by atoms with Crippen LogP contribution >= 0.6 is 11.6 Å². The fraction of sp³-hybridized carbons (Fsp3) is 0. The minimum Gasteiger partial charge on any atom is -0.507 e. The molecular weight excluding hydrogens is 312 g/mol. The molecule has 0 spiro atoms. The lowest BCUT2D eigenvalue weighted by molar-refractivity contribution is -0.384. The third-order valence-corrected chi connectivity index (χ3v) is 2.90. The van der Waals surface area contributed by atoms with E-state index >= 15 is 0 Å². The number of non-ortho nitro benzene ring substituents is 1. The van der Waals surface area contributed by atoms with Gasteiger partial charge in [-0.25, -0.2) is 10.4 Å². The Morgan fingerprint density at radius 2 is 2.23 bits per heavy atom. The molecule has 0 fully saturated rings. The van der Waals surface area contributed by atoms with E-state index < -0.39 is 10.8 Å². The van der Waals surface area contributed by atoms with Gasteiger partial charge in [0, 0.05) is 23.9 Å². The molecule has 8 nitrogen and oxygen atoms in total. The zero-order valence-electron chi connectivity index (χ0n) is 10.9. The van der Waals surface area contributed by atoms with Gasteiger partial charge < -0.3 is 5.11 Å². The normalized spacial score (nSPS) is 10.6. The summed E-state index contributed by atoms with van der Waals surface area (Å²) < 4.78 is 0. The number of nitrogens with zero attached hydrogens (tertiary/aromatic N) is 3. The van der Waals surface area contributed by atoms with Crippen LogP contribution in [0.25, 0.3) is 0 Å². The number of pyridine rings is 1. The first-order valence-corrected chi connectivity index (χ1v) is 6.28. The van der Waals surface area contributed by atoms with E-state index in [0.29, 0.717) is 0 Å². The molecule has 22 heavy (non-hydrogen) atoms. The Balaban J connectivity index is 2.13. The first kappa shape index (κ1) is 15.4. The summed E-state index contributed by atoms with van der Waals surface area (Å²) in [5, 5.41) is 23.9. The fourth-order valence-corrected chi connectivity index (χ4v) is 1.74. The largest absolute Gasteiger partial charge is 0.507 e. The smallest absolute Gasteiger partial charge is 0.274 e. The average Bonchev–Trinajstić information content (AvgIpc) is 2.49. The summed E-state index contributed by atoms with van der Waals surface area (Å²) in [6, 6.07) is 6.45. The van der Waals surface area contributed by atoms with Gasteiger partial charge in [-0.15, -0.1) is 0 Å². The van der Waals surface area contributed by atoms with Crippen LogP contribution in [0.4, 0.5) is 5.69 Å². The predicted octanol–water partition coefficient (Wildman–Crippen LogP) is 2.11. The van der Waals surface area contributed by atoms with E-state index in [0.717, 1.165) is 18.3 Å². The van der Waals surface area contributed by atoms with Crippen molar-refractivity contribution in [3.8, 4) is 5.75 Å². The molecule has 1 amide bonds. The quantitative estimate of drug-likeness (QED) is 0.387. The van der Waals surface area contributed by atoms with E-state index in [2.05, 4.69) is 15.5 Å². The van der Waals surface area contributed by atoms with Gasteiger partial charge in [-0.1, -0.05) is 11.6 Å². The van der Waals surface area contributed by atoms with E-state index in [4.69, 9.17) is 11.6 Å². The van der Waals surface area contributed by atoms with Crippen molar-refractivity contribution in [1.82, 2.24) is 10.4 Å². The van der Waals surface area contributed by atoms with Gasteiger partial charge in [0.1, 0.15) is 10.9 Å². The van der Waals surface area contributed by atoms with E-state index in [1.165, 1.54) is 24.4 Å². The molecule has 0 aliphatic carbocycles. The summed E-state index contributed by atoms with van der Waals surface area (Å²) in [4.78, 5) is 25.6. The van der Waals surface area contributed by atoms with Crippen molar-refractivity contribution in [2.24, 2.45) is 5.10 Å². The second-order valence-electron chi connectivity index (χ2n) is 4.04. The Morgan fingerprint density at radius 3 is 2.91 bits per heavy atom.